The first kappa shape index (κ1) is 20.5. The van der Waals surface area contributed by atoms with Gasteiger partial charge in [0.1, 0.15) is 0 Å². The van der Waals surface area contributed by atoms with Crippen molar-refractivity contribution in [2.45, 2.75) is 44.1 Å². The summed E-state index contributed by atoms with van der Waals surface area (Å²) in [6.45, 7) is 4.28. The second kappa shape index (κ2) is 9.20. The number of amides is 1. The number of carbonyl (C=O) groups excluding carboxylic acids is 1. The summed E-state index contributed by atoms with van der Waals surface area (Å²) in [5.41, 5.74) is 7.22. The zero-order chi connectivity index (χ0) is 17.7. The van der Waals surface area contributed by atoms with Gasteiger partial charge in [-0.2, -0.15) is 0 Å². The second-order valence-electron chi connectivity index (χ2n) is 7.13. The van der Waals surface area contributed by atoms with Gasteiger partial charge in [-0.05, 0) is 43.9 Å². The van der Waals surface area contributed by atoms with Crippen molar-refractivity contribution in [3.63, 3.8) is 0 Å². The molecule has 1 fully saturated rings. The maximum atomic E-state index is 12.8. The van der Waals surface area contributed by atoms with Crippen LogP contribution in [0.4, 0.5) is 0 Å². The van der Waals surface area contributed by atoms with Gasteiger partial charge in [0, 0.05) is 12.6 Å². The Morgan fingerprint density at radius 2 is 1.58 bits per heavy atom. The highest BCUT2D eigenvalue weighted by atomic mass is 35.5. The maximum absolute atomic E-state index is 12.8. The molecule has 2 N–H and O–H groups in total. The summed E-state index contributed by atoms with van der Waals surface area (Å²) in [7, 11) is 0. The molecular formula is C22H29ClN2O. The lowest BCUT2D eigenvalue weighted by atomic mass is 9.71. The number of rotatable bonds is 6. The van der Waals surface area contributed by atoms with Crippen LogP contribution in [-0.2, 0) is 10.2 Å². The molecule has 3 rings (SSSR count). The summed E-state index contributed by atoms with van der Waals surface area (Å²) >= 11 is 0. The van der Waals surface area contributed by atoms with E-state index in [0.717, 1.165) is 24.2 Å². The molecule has 0 aliphatic carbocycles. The number of carbonyl (C=O) groups is 1. The van der Waals surface area contributed by atoms with Gasteiger partial charge in [0.25, 0.3) is 0 Å². The van der Waals surface area contributed by atoms with Crippen LogP contribution in [-0.4, -0.2) is 29.9 Å². The van der Waals surface area contributed by atoms with Crippen LogP contribution in [0, 0.1) is 0 Å². The minimum absolute atomic E-state index is 0. The molecule has 1 amide bonds. The molecule has 1 aliphatic heterocycles. The Morgan fingerprint density at radius 3 is 2.04 bits per heavy atom. The number of hydrogen-bond donors (Lipinski definition) is 1. The fourth-order valence-corrected chi connectivity index (χ4v) is 4.11. The summed E-state index contributed by atoms with van der Waals surface area (Å²) < 4.78 is 0. The SMILES string of the molecule is CC1CCCCN1CCC(C(N)=O)(c1ccccc1)c1ccccc1.Cl. The van der Waals surface area contributed by atoms with E-state index in [1.54, 1.807) is 0 Å². The number of hydrogen-bond acceptors (Lipinski definition) is 2. The molecule has 1 atom stereocenters. The van der Waals surface area contributed by atoms with Crippen LogP contribution in [0.1, 0.15) is 43.7 Å². The Labute approximate surface area is 163 Å². The second-order valence-corrected chi connectivity index (χ2v) is 7.13. The number of likely N-dealkylation sites (tertiary alicyclic amines) is 1. The van der Waals surface area contributed by atoms with Crippen LogP contribution in [0.5, 0.6) is 0 Å². The minimum atomic E-state index is -0.778. The molecule has 1 saturated heterocycles. The lowest BCUT2D eigenvalue weighted by Crippen LogP contribution is -2.47. The summed E-state index contributed by atoms with van der Waals surface area (Å²) in [4.78, 5) is 15.3. The van der Waals surface area contributed by atoms with Gasteiger partial charge in [-0.1, -0.05) is 67.1 Å². The molecule has 0 radical (unpaired) electrons. The third kappa shape index (κ3) is 4.11. The number of benzene rings is 2. The van der Waals surface area contributed by atoms with Gasteiger partial charge in [0.2, 0.25) is 5.91 Å². The lowest BCUT2D eigenvalue weighted by molar-refractivity contribution is -0.122. The standard InChI is InChI=1S/C22H28N2O.ClH/c1-18-10-8-9-16-24(18)17-15-22(21(23)25,19-11-4-2-5-12-19)20-13-6-3-7-14-20;/h2-7,11-14,18H,8-10,15-17H2,1H3,(H2,23,25);1H. The van der Waals surface area contributed by atoms with Crippen molar-refractivity contribution in [3.8, 4) is 0 Å². The van der Waals surface area contributed by atoms with Gasteiger partial charge in [0.15, 0.2) is 0 Å². The Kier molecular flexibility index (Phi) is 7.24. The van der Waals surface area contributed by atoms with Crippen molar-refractivity contribution >= 4 is 18.3 Å². The van der Waals surface area contributed by atoms with Gasteiger partial charge >= 0.3 is 0 Å². The molecule has 1 heterocycles. The van der Waals surface area contributed by atoms with E-state index >= 15 is 0 Å². The maximum Gasteiger partial charge on any atom is 0.232 e. The third-order valence-corrected chi connectivity index (χ3v) is 5.67. The number of halogens is 1. The lowest BCUT2D eigenvalue weighted by Gasteiger charge is -2.38. The van der Waals surface area contributed by atoms with Gasteiger partial charge < -0.3 is 10.6 Å². The van der Waals surface area contributed by atoms with E-state index in [9.17, 15) is 4.79 Å². The topological polar surface area (TPSA) is 46.3 Å². The van der Waals surface area contributed by atoms with E-state index in [4.69, 9.17) is 5.73 Å². The first-order valence-corrected chi connectivity index (χ1v) is 9.29. The van der Waals surface area contributed by atoms with Gasteiger partial charge in [-0.15, -0.1) is 12.4 Å². The number of nitrogens with zero attached hydrogens (tertiary/aromatic N) is 1. The van der Waals surface area contributed by atoms with Crippen molar-refractivity contribution in [3.05, 3.63) is 71.8 Å². The first-order chi connectivity index (χ1) is 12.1. The van der Waals surface area contributed by atoms with Crippen molar-refractivity contribution < 1.29 is 4.79 Å². The van der Waals surface area contributed by atoms with Crippen LogP contribution < -0.4 is 5.73 Å². The molecule has 0 spiro atoms. The summed E-state index contributed by atoms with van der Waals surface area (Å²) in [6.07, 6.45) is 4.49. The van der Waals surface area contributed by atoms with Crippen LogP contribution in [0.3, 0.4) is 0 Å². The van der Waals surface area contributed by atoms with Crippen LogP contribution in [0.2, 0.25) is 0 Å². The fraction of sp³-hybridized carbons (Fsp3) is 0.409. The predicted octanol–water partition coefficient (Wildman–Crippen LogP) is 4.14. The molecule has 0 aromatic heterocycles. The number of primary amides is 1. The highest BCUT2D eigenvalue weighted by Crippen LogP contribution is 2.36. The van der Waals surface area contributed by atoms with Crippen molar-refractivity contribution in [2.75, 3.05) is 13.1 Å². The molecule has 2 aromatic rings. The summed E-state index contributed by atoms with van der Waals surface area (Å²) in [5, 5.41) is 0. The Bertz CT molecular complexity index is 650. The zero-order valence-corrected chi connectivity index (χ0v) is 16.3. The van der Waals surface area contributed by atoms with E-state index in [-0.39, 0.29) is 18.3 Å². The minimum Gasteiger partial charge on any atom is -0.369 e. The number of nitrogens with two attached hydrogens (primary N) is 1. The zero-order valence-electron chi connectivity index (χ0n) is 15.4. The molecule has 3 nitrogen and oxygen atoms in total. The molecule has 1 aliphatic rings. The molecule has 1 unspecified atom stereocenters. The Morgan fingerprint density at radius 1 is 1.04 bits per heavy atom. The molecule has 26 heavy (non-hydrogen) atoms. The Hall–Kier alpha value is -1.84. The highest BCUT2D eigenvalue weighted by molar-refractivity contribution is 5.90. The predicted molar refractivity (Wildman–Crippen MR) is 110 cm³/mol. The van der Waals surface area contributed by atoms with E-state index in [2.05, 4.69) is 11.8 Å². The quantitative estimate of drug-likeness (QED) is 0.828. The first-order valence-electron chi connectivity index (χ1n) is 9.29. The smallest absolute Gasteiger partial charge is 0.232 e. The van der Waals surface area contributed by atoms with Crippen molar-refractivity contribution in [1.82, 2.24) is 4.90 Å². The fourth-order valence-electron chi connectivity index (χ4n) is 4.11. The molecular weight excluding hydrogens is 344 g/mol. The molecule has 2 aromatic carbocycles. The van der Waals surface area contributed by atoms with E-state index < -0.39 is 5.41 Å². The summed E-state index contributed by atoms with van der Waals surface area (Å²) in [5.74, 6) is -0.269. The normalized spacial score (nSPS) is 18.1. The molecule has 140 valence electrons. The van der Waals surface area contributed by atoms with Gasteiger partial charge in [-0.25, -0.2) is 0 Å². The molecule has 0 bridgehead atoms. The monoisotopic (exact) mass is 372 g/mol. The molecule has 0 saturated carbocycles. The van der Waals surface area contributed by atoms with E-state index in [1.165, 1.54) is 19.3 Å². The van der Waals surface area contributed by atoms with Crippen LogP contribution in [0.25, 0.3) is 0 Å². The van der Waals surface area contributed by atoms with Gasteiger partial charge in [0.05, 0.1) is 5.41 Å². The van der Waals surface area contributed by atoms with Crippen molar-refractivity contribution in [1.29, 1.82) is 0 Å². The van der Waals surface area contributed by atoms with Crippen LogP contribution in [0.15, 0.2) is 60.7 Å². The average Bonchev–Trinajstić information content (AvgIpc) is 2.65. The highest BCUT2D eigenvalue weighted by Gasteiger charge is 2.40. The van der Waals surface area contributed by atoms with Gasteiger partial charge in [-0.3, -0.25) is 4.79 Å². The van der Waals surface area contributed by atoms with E-state index in [0.29, 0.717) is 12.5 Å². The van der Waals surface area contributed by atoms with E-state index in [1.807, 2.05) is 60.7 Å². The summed E-state index contributed by atoms with van der Waals surface area (Å²) in [6, 6.07) is 20.6. The van der Waals surface area contributed by atoms with Crippen molar-refractivity contribution in [2.24, 2.45) is 5.73 Å². The Balaban J connectivity index is 0.00000243. The third-order valence-electron chi connectivity index (χ3n) is 5.67. The van der Waals surface area contributed by atoms with Crippen LogP contribution >= 0.6 is 12.4 Å². The average molecular weight is 373 g/mol. The largest absolute Gasteiger partial charge is 0.369 e. The molecule has 4 heteroatoms. The number of piperidine rings is 1.